The number of nitrogens with one attached hydrogen (secondary N) is 1. The first kappa shape index (κ1) is 20.2. The van der Waals surface area contributed by atoms with E-state index in [1.807, 2.05) is 37.2 Å². The summed E-state index contributed by atoms with van der Waals surface area (Å²) in [5.74, 6) is 0.868. The van der Waals surface area contributed by atoms with Gasteiger partial charge in [-0.25, -0.2) is 4.99 Å². The summed E-state index contributed by atoms with van der Waals surface area (Å²) >= 11 is 0. The molecule has 3 N–H and O–H groups in total. The third-order valence-electron chi connectivity index (χ3n) is 4.85. The van der Waals surface area contributed by atoms with Crippen LogP contribution in [0.25, 0.3) is 0 Å². The number of amides is 1. The van der Waals surface area contributed by atoms with Gasteiger partial charge in [-0.3, -0.25) is 4.79 Å². The second-order valence-electron chi connectivity index (χ2n) is 7.17. The minimum atomic E-state index is -0.139. The molecule has 1 aromatic rings. The topological polar surface area (TPSA) is 74.0 Å². The van der Waals surface area contributed by atoms with Crippen LogP contribution >= 0.6 is 0 Å². The molecular weight excluding hydrogens is 326 g/mol. The minimum absolute atomic E-state index is 0.0800. The predicted octanol–water partition coefficient (Wildman–Crippen LogP) is 1.67. The van der Waals surface area contributed by atoms with Crippen LogP contribution < -0.4 is 11.1 Å². The van der Waals surface area contributed by atoms with E-state index in [9.17, 15) is 4.79 Å². The molecule has 1 amide bonds. The van der Waals surface area contributed by atoms with Crippen molar-refractivity contribution < 1.29 is 4.79 Å². The fourth-order valence-electron chi connectivity index (χ4n) is 3.21. The highest BCUT2D eigenvalue weighted by Crippen LogP contribution is 2.16. The van der Waals surface area contributed by atoms with Crippen LogP contribution in [0.2, 0.25) is 0 Å². The summed E-state index contributed by atoms with van der Waals surface area (Å²) in [6, 6.07) is 10.3. The number of primary amides is 1. The van der Waals surface area contributed by atoms with Crippen LogP contribution in [-0.4, -0.2) is 61.9 Å². The lowest BCUT2D eigenvalue weighted by atomic mass is 9.96. The molecule has 0 atom stereocenters. The third-order valence-corrected chi connectivity index (χ3v) is 4.85. The van der Waals surface area contributed by atoms with Crippen LogP contribution in [0.3, 0.4) is 0 Å². The van der Waals surface area contributed by atoms with Crippen LogP contribution in [0.1, 0.15) is 31.2 Å². The second-order valence-corrected chi connectivity index (χ2v) is 7.17. The third kappa shape index (κ3) is 7.04. The number of hydrogen-bond donors (Lipinski definition) is 2. The number of rotatable bonds is 8. The van der Waals surface area contributed by atoms with Gasteiger partial charge in [0.25, 0.3) is 0 Å². The molecular formula is C20H33N5O. The molecule has 1 aromatic carbocycles. The zero-order valence-electron chi connectivity index (χ0n) is 16.2. The van der Waals surface area contributed by atoms with Crippen molar-refractivity contribution in [2.24, 2.45) is 16.6 Å². The van der Waals surface area contributed by atoms with Crippen molar-refractivity contribution in [3.8, 4) is 0 Å². The molecule has 0 aliphatic carbocycles. The number of benzene rings is 1. The lowest BCUT2D eigenvalue weighted by Gasteiger charge is -2.30. The number of carbonyl (C=O) groups excluding carboxylic acids is 1. The van der Waals surface area contributed by atoms with E-state index in [-0.39, 0.29) is 11.8 Å². The number of carbonyl (C=O) groups is 1. The zero-order chi connectivity index (χ0) is 18.8. The van der Waals surface area contributed by atoms with Gasteiger partial charge in [-0.2, -0.15) is 0 Å². The Morgan fingerprint density at radius 3 is 2.54 bits per heavy atom. The molecule has 1 aliphatic rings. The lowest BCUT2D eigenvalue weighted by Crippen LogP contribution is -2.39. The van der Waals surface area contributed by atoms with Crippen molar-refractivity contribution in [3.05, 3.63) is 35.9 Å². The summed E-state index contributed by atoms with van der Waals surface area (Å²) in [4.78, 5) is 20.4. The number of aliphatic imine (C=N–C) groups is 1. The van der Waals surface area contributed by atoms with Crippen molar-refractivity contribution in [2.45, 2.75) is 32.2 Å². The molecule has 0 radical (unpaired) electrons. The Bertz CT molecular complexity index is 565. The first-order valence-corrected chi connectivity index (χ1v) is 9.57. The van der Waals surface area contributed by atoms with Gasteiger partial charge in [0.1, 0.15) is 0 Å². The van der Waals surface area contributed by atoms with E-state index in [0.717, 1.165) is 57.8 Å². The van der Waals surface area contributed by atoms with E-state index >= 15 is 0 Å². The summed E-state index contributed by atoms with van der Waals surface area (Å²) in [7, 11) is 4.03. The number of likely N-dealkylation sites (tertiary alicyclic amines) is 1. The Morgan fingerprint density at radius 2 is 1.92 bits per heavy atom. The highest BCUT2D eigenvalue weighted by molar-refractivity contribution is 5.79. The zero-order valence-corrected chi connectivity index (χ0v) is 16.2. The SMILES string of the molecule is CN(C)C(=NCc1ccccc1)NCCCCN1CCC(C(N)=O)CC1. The molecule has 1 saturated heterocycles. The van der Waals surface area contributed by atoms with Crippen LogP contribution in [0.5, 0.6) is 0 Å². The number of unbranched alkanes of at least 4 members (excludes halogenated alkanes) is 1. The van der Waals surface area contributed by atoms with Crippen molar-refractivity contribution in [3.63, 3.8) is 0 Å². The summed E-state index contributed by atoms with van der Waals surface area (Å²) in [6.45, 7) is 4.68. The predicted molar refractivity (Wildman–Crippen MR) is 107 cm³/mol. The van der Waals surface area contributed by atoms with Gasteiger partial charge in [0.15, 0.2) is 5.96 Å². The smallest absolute Gasteiger partial charge is 0.220 e. The molecule has 1 heterocycles. The molecule has 26 heavy (non-hydrogen) atoms. The van der Waals surface area contributed by atoms with Crippen molar-refractivity contribution in [2.75, 3.05) is 40.3 Å². The summed E-state index contributed by atoms with van der Waals surface area (Å²) in [6.07, 6.45) is 4.07. The van der Waals surface area contributed by atoms with Gasteiger partial charge in [0, 0.05) is 26.6 Å². The fraction of sp³-hybridized carbons (Fsp3) is 0.600. The van der Waals surface area contributed by atoms with Gasteiger partial charge in [-0.1, -0.05) is 30.3 Å². The molecule has 144 valence electrons. The fourth-order valence-corrected chi connectivity index (χ4v) is 3.21. The first-order valence-electron chi connectivity index (χ1n) is 9.57. The molecule has 1 fully saturated rings. The Morgan fingerprint density at radius 1 is 1.23 bits per heavy atom. The Balaban J connectivity index is 1.63. The molecule has 6 nitrogen and oxygen atoms in total. The van der Waals surface area contributed by atoms with E-state index in [2.05, 4.69) is 27.3 Å². The number of hydrogen-bond acceptors (Lipinski definition) is 3. The van der Waals surface area contributed by atoms with Crippen molar-refractivity contribution >= 4 is 11.9 Å². The lowest BCUT2D eigenvalue weighted by molar-refractivity contribution is -0.123. The normalized spacial score (nSPS) is 16.5. The largest absolute Gasteiger partial charge is 0.369 e. The van der Waals surface area contributed by atoms with E-state index in [1.54, 1.807) is 0 Å². The number of nitrogens with two attached hydrogens (primary N) is 1. The van der Waals surface area contributed by atoms with Gasteiger partial charge in [-0.05, 0) is 50.9 Å². The van der Waals surface area contributed by atoms with E-state index < -0.39 is 0 Å². The van der Waals surface area contributed by atoms with Gasteiger partial charge >= 0.3 is 0 Å². The quantitative estimate of drug-likeness (QED) is 0.421. The maximum Gasteiger partial charge on any atom is 0.220 e. The highest BCUT2D eigenvalue weighted by Gasteiger charge is 2.22. The molecule has 0 bridgehead atoms. The molecule has 0 unspecified atom stereocenters. The van der Waals surface area contributed by atoms with Crippen LogP contribution in [0.4, 0.5) is 0 Å². The van der Waals surface area contributed by atoms with Gasteiger partial charge in [0.05, 0.1) is 6.54 Å². The highest BCUT2D eigenvalue weighted by atomic mass is 16.1. The van der Waals surface area contributed by atoms with Gasteiger partial charge in [-0.15, -0.1) is 0 Å². The van der Waals surface area contributed by atoms with E-state index in [1.165, 1.54) is 5.56 Å². The van der Waals surface area contributed by atoms with E-state index in [0.29, 0.717) is 6.54 Å². The molecule has 0 saturated carbocycles. The number of guanidine groups is 1. The van der Waals surface area contributed by atoms with Crippen molar-refractivity contribution in [1.82, 2.24) is 15.1 Å². The second kappa shape index (κ2) is 10.8. The summed E-state index contributed by atoms with van der Waals surface area (Å²) < 4.78 is 0. The first-order chi connectivity index (χ1) is 12.6. The maximum atomic E-state index is 11.2. The Hall–Kier alpha value is -2.08. The van der Waals surface area contributed by atoms with Crippen LogP contribution in [0, 0.1) is 5.92 Å². The maximum absolute atomic E-state index is 11.2. The summed E-state index contributed by atoms with van der Waals surface area (Å²) in [5, 5.41) is 3.45. The monoisotopic (exact) mass is 359 g/mol. The molecule has 0 spiro atoms. The average molecular weight is 360 g/mol. The molecule has 0 aromatic heterocycles. The van der Waals surface area contributed by atoms with E-state index in [4.69, 9.17) is 5.73 Å². The molecule has 2 rings (SSSR count). The van der Waals surface area contributed by atoms with Gasteiger partial charge < -0.3 is 20.9 Å². The number of nitrogens with zero attached hydrogens (tertiary/aromatic N) is 3. The summed E-state index contributed by atoms with van der Waals surface area (Å²) in [5.41, 5.74) is 6.60. The number of piperidine rings is 1. The average Bonchev–Trinajstić information content (AvgIpc) is 2.64. The molecule has 1 aliphatic heterocycles. The Labute approximate surface area is 157 Å². The van der Waals surface area contributed by atoms with Crippen LogP contribution in [-0.2, 0) is 11.3 Å². The Kier molecular flexibility index (Phi) is 8.41. The minimum Gasteiger partial charge on any atom is -0.369 e. The van der Waals surface area contributed by atoms with Crippen molar-refractivity contribution in [1.29, 1.82) is 0 Å². The van der Waals surface area contributed by atoms with Crippen LogP contribution in [0.15, 0.2) is 35.3 Å². The standard InChI is InChI=1S/C20H33N5O/c1-24(2)20(23-16-17-8-4-3-5-9-17)22-12-6-7-13-25-14-10-18(11-15-25)19(21)26/h3-5,8-9,18H,6-7,10-16H2,1-2H3,(H2,21,26)(H,22,23). The molecule has 6 heteroatoms. The van der Waals surface area contributed by atoms with Gasteiger partial charge in [0.2, 0.25) is 5.91 Å².